The van der Waals surface area contributed by atoms with E-state index in [-0.39, 0.29) is 5.63 Å². The van der Waals surface area contributed by atoms with Crippen LogP contribution in [0.25, 0.3) is 10.8 Å². The SMILES string of the molecule is CCCc1oc(=O)c2ccccc2c1CCC. The van der Waals surface area contributed by atoms with Crippen LogP contribution in [0.15, 0.2) is 33.5 Å². The van der Waals surface area contributed by atoms with Crippen LogP contribution in [0, 0.1) is 0 Å². The standard InChI is InChI=1S/C15H18O2/c1-3-7-12-11-9-5-6-10-13(11)15(16)17-14(12)8-4-2/h5-6,9-10H,3-4,7-8H2,1-2H3. The summed E-state index contributed by atoms with van der Waals surface area (Å²) in [7, 11) is 0. The van der Waals surface area contributed by atoms with Crippen LogP contribution >= 0.6 is 0 Å². The van der Waals surface area contributed by atoms with Gasteiger partial charge in [0, 0.05) is 6.42 Å². The van der Waals surface area contributed by atoms with Crippen LogP contribution in [0.1, 0.15) is 38.0 Å². The van der Waals surface area contributed by atoms with Crippen molar-refractivity contribution in [2.75, 3.05) is 0 Å². The highest BCUT2D eigenvalue weighted by Crippen LogP contribution is 2.22. The molecule has 0 saturated carbocycles. The number of rotatable bonds is 4. The third-order valence-electron chi connectivity index (χ3n) is 3.00. The van der Waals surface area contributed by atoms with Crippen molar-refractivity contribution in [1.29, 1.82) is 0 Å². The smallest absolute Gasteiger partial charge is 0.343 e. The number of hydrogen-bond acceptors (Lipinski definition) is 2. The van der Waals surface area contributed by atoms with Crippen LogP contribution in [-0.4, -0.2) is 0 Å². The Balaban J connectivity index is 2.73. The molecule has 2 rings (SSSR count). The molecule has 2 aromatic rings. The average Bonchev–Trinajstić information content (AvgIpc) is 2.34. The minimum atomic E-state index is -0.205. The second-order valence-electron chi connectivity index (χ2n) is 4.34. The van der Waals surface area contributed by atoms with E-state index >= 15 is 0 Å². The summed E-state index contributed by atoms with van der Waals surface area (Å²) < 4.78 is 5.46. The Hall–Kier alpha value is -1.57. The van der Waals surface area contributed by atoms with Crippen LogP contribution in [0.3, 0.4) is 0 Å². The molecule has 0 fully saturated rings. The Morgan fingerprint density at radius 3 is 2.29 bits per heavy atom. The maximum atomic E-state index is 11.9. The van der Waals surface area contributed by atoms with Crippen molar-refractivity contribution in [3.8, 4) is 0 Å². The zero-order chi connectivity index (χ0) is 12.3. The van der Waals surface area contributed by atoms with Gasteiger partial charge in [0.15, 0.2) is 0 Å². The molecule has 0 aliphatic rings. The molecular weight excluding hydrogens is 212 g/mol. The number of fused-ring (bicyclic) bond motifs is 1. The summed E-state index contributed by atoms with van der Waals surface area (Å²) in [5.74, 6) is 0.873. The first-order chi connectivity index (χ1) is 8.27. The lowest BCUT2D eigenvalue weighted by Gasteiger charge is -2.09. The van der Waals surface area contributed by atoms with Crippen molar-refractivity contribution in [2.24, 2.45) is 0 Å². The maximum absolute atomic E-state index is 11.9. The van der Waals surface area contributed by atoms with Gasteiger partial charge in [-0.1, -0.05) is 38.5 Å². The van der Waals surface area contributed by atoms with Gasteiger partial charge in [0.05, 0.1) is 5.39 Å². The molecule has 0 unspecified atom stereocenters. The third kappa shape index (κ3) is 2.26. The molecule has 1 aromatic carbocycles. The van der Waals surface area contributed by atoms with E-state index in [0.29, 0.717) is 5.39 Å². The van der Waals surface area contributed by atoms with Crippen molar-refractivity contribution >= 4 is 10.8 Å². The van der Waals surface area contributed by atoms with Gasteiger partial charge in [-0.25, -0.2) is 4.79 Å². The second kappa shape index (κ2) is 5.17. The fourth-order valence-corrected chi connectivity index (χ4v) is 2.26. The van der Waals surface area contributed by atoms with Gasteiger partial charge in [-0.2, -0.15) is 0 Å². The van der Waals surface area contributed by atoms with E-state index in [4.69, 9.17) is 4.42 Å². The third-order valence-corrected chi connectivity index (χ3v) is 3.00. The predicted octanol–water partition coefficient (Wildman–Crippen LogP) is 3.70. The molecule has 2 heteroatoms. The van der Waals surface area contributed by atoms with Crippen LogP contribution in [0.5, 0.6) is 0 Å². The molecule has 0 bridgehead atoms. The molecule has 0 atom stereocenters. The lowest BCUT2D eigenvalue weighted by Crippen LogP contribution is -2.07. The topological polar surface area (TPSA) is 30.2 Å². The summed E-state index contributed by atoms with van der Waals surface area (Å²) in [5.41, 5.74) is 1.01. The number of benzene rings is 1. The van der Waals surface area contributed by atoms with Gasteiger partial charge in [-0.3, -0.25) is 0 Å². The summed E-state index contributed by atoms with van der Waals surface area (Å²) in [6.45, 7) is 4.25. The lowest BCUT2D eigenvalue weighted by atomic mass is 10.00. The van der Waals surface area contributed by atoms with Gasteiger partial charge in [0.25, 0.3) is 0 Å². The van der Waals surface area contributed by atoms with Gasteiger partial charge >= 0.3 is 5.63 Å². The lowest BCUT2D eigenvalue weighted by molar-refractivity contribution is 0.456. The molecule has 0 amide bonds. The summed E-state index contributed by atoms with van der Waals surface area (Å²) in [5, 5.41) is 1.77. The minimum Gasteiger partial charge on any atom is -0.427 e. The Morgan fingerprint density at radius 2 is 1.65 bits per heavy atom. The molecule has 0 spiro atoms. The summed E-state index contributed by atoms with van der Waals surface area (Å²) in [6, 6.07) is 7.73. The Bertz CT molecular complexity index is 567. The number of hydrogen-bond donors (Lipinski definition) is 0. The van der Waals surface area contributed by atoms with Crippen molar-refractivity contribution in [3.63, 3.8) is 0 Å². The van der Waals surface area contributed by atoms with Gasteiger partial charge in [-0.15, -0.1) is 0 Å². The van der Waals surface area contributed by atoms with Gasteiger partial charge in [0.2, 0.25) is 0 Å². The normalized spacial score (nSPS) is 10.9. The summed E-state index contributed by atoms with van der Waals surface area (Å²) in [6.07, 6.45) is 3.88. The molecule has 2 nitrogen and oxygen atoms in total. The molecule has 0 radical (unpaired) electrons. The van der Waals surface area contributed by atoms with E-state index in [0.717, 1.165) is 36.8 Å². The minimum absolute atomic E-state index is 0.205. The van der Waals surface area contributed by atoms with Gasteiger partial charge in [0.1, 0.15) is 5.76 Å². The molecule has 0 aliphatic heterocycles. The fourth-order valence-electron chi connectivity index (χ4n) is 2.26. The van der Waals surface area contributed by atoms with Crippen LogP contribution in [0.4, 0.5) is 0 Å². The van der Waals surface area contributed by atoms with E-state index < -0.39 is 0 Å². The van der Waals surface area contributed by atoms with Crippen LogP contribution in [-0.2, 0) is 12.8 Å². The molecule has 17 heavy (non-hydrogen) atoms. The van der Waals surface area contributed by atoms with Crippen molar-refractivity contribution < 1.29 is 4.42 Å². The summed E-state index contributed by atoms with van der Waals surface area (Å²) >= 11 is 0. The number of aryl methyl sites for hydroxylation is 2. The zero-order valence-corrected chi connectivity index (χ0v) is 10.5. The van der Waals surface area contributed by atoms with E-state index in [1.165, 1.54) is 5.56 Å². The monoisotopic (exact) mass is 230 g/mol. The van der Waals surface area contributed by atoms with E-state index in [2.05, 4.69) is 13.8 Å². The quantitative estimate of drug-likeness (QED) is 0.801. The highest BCUT2D eigenvalue weighted by molar-refractivity contribution is 5.84. The molecule has 1 heterocycles. The van der Waals surface area contributed by atoms with Gasteiger partial charge in [-0.05, 0) is 29.9 Å². The molecule has 0 aliphatic carbocycles. The molecule has 1 aromatic heterocycles. The zero-order valence-electron chi connectivity index (χ0n) is 10.5. The van der Waals surface area contributed by atoms with E-state index in [1.54, 1.807) is 0 Å². The maximum Gasteiger partial charge on any atom is 0.343 e. The first-order valence-corrected chi connectivity index (χ1v) is 6.31. The Labute approximate surface area is 101 Å². The highest BCUT2D eigenvalue weighted by atomic mass is 16.4. The largest absolute Gasteiger partial charge is 0.427 e. The van der Waals surface area contributed by atoms with E-state index in [9.17, 15) is 4.79 Å². The molecule has 90 valence electrons. The van der Waals surface area contributed by atoms with Crippen molar-refractivity contribution in [2.45, 2.75) is 39.5 Å². The Kier molecular flexibility index (Phi) is 3.62. The average molecular weight is 230 g/mol. The van der Waals surface area contributed by atoms with Crippen molar-refractivity contribution in [3.05, 3.63) is 46.0 Å². The first kappa shape index (κ1) is 11.9. The van der Waals surface area contributed by atoms with Gasteiger partial charge < -0.3 is 4.42 Å². The van der Waals surface area contributed by atoms with E-state index in [1.807, 2.05) is 24.3 Å². The molecular formula is C15H18O2. The van der Waals surface area contributed by atoms with Crippen LogP contribution in [0.2, 0.25) is 0 Å². The molecule has 0 saturated heterocycles. The first-order valence-electron chi connectivity index (χ1n) is 6.31. The second-order valence-corrected chi connectivity index (χ2v) is 4.34. The Morgan fingerprint density at radius 1 is 1.00 bits per heavy atom. The van der Waals surface area contributed by atoms with Crippen molar-refractivity contribution in [1.82, 2.24) is 0 Å². The predicted molar refractivity (Wildman–Crippen MR) is 70.5 cm³/mol. The van der Waals surface area contributed by atoms with Crippen LogP contribution < -0.4 is 5.63 Å². The summed E-state index contributed by atoms with van der Waals surface area (Å²) in [4.78, 5) is 11.9. The molecule has 0 N–H and O–H groups in total. The fraction of sp³-hybridized carbons (Fsp3) is 0.400. The highest BCUT2D eigenvalue weighted by Gasteiger charge is 2.11.